The van der Waals surface area contributed by atoms with Crippen LogP contribution in [-0.2, 0) is 22.4 Å². The van der Waals surface area contributed by atoms with Crippen molar-refractivity contribution in [2.75, 3.05) is 18.5 Å². The van der Waals surface area contributed by atoms with Crippen LogP contribution in [0.15, 0.2) is 30.4 Å². The van der Waals surface area contributed by atoms with Gasteiger partial charge in [0, 0.05) is 24.9 Å². The Hall–Kier alpha value is -3.09. The molecule has 2 aliphatic rings. The fourth-order valence-electron chi connectivity index (χ4n) is 3.90. The largest absolute Gasteiger partial charge is 0.488 e. The van der Waals surface area contributed by atoms with Crippen LogP contribution in [0.25, 0.3) is 10.9 Å². The smallest absolute Gasteiger partial charge is 0.328 e. The van der Waals surface area contributed by atoms with Gasteiger partial charge in [-0.1, -0.05) is 13.0 Å². The van der Waals surface area contributed by atoms with Crippen LogP contribution in [0.2, 0.25) is 0 Å². The maximum atomic E-state index is 9.55. The number of carboxylic acids is 2. The number of hydrogen-bond acceptors (Lipinski definition) is 5. The lowest BCUT2D eigenvalue weighted by molar-refractivity contribution is -0.134. The highest BCUT2D eigenvalue weighted by molar-refractivity contribution is 5.99. The van der Waals surface area contributed by atoms with Gasteiger partial charge in [0.25, 0.3) is 0 Å². The number of rotatable bonds is 3. The number of ether oxygens (including phenoxy) is 1. The third-order valence-electron chi connectivity index (χ3n) is 5.20. The Kier molecular flexibility index (Phi) is 6.36. The molecule has 1 aliphatic heterocycles. The molecule has 0 amide bonds. The predicted octanol–water partition coefficient (Wildman–Crippen LogP) is 3.43. The van der Waals surface area contributed by atoms with Gasteiger partial charge < -0.3 is 19.8 Å². The van der Waals surface area contributed by atoms with Crippen LogP contribution >= 0.6 is 0 Å². The summed E-state index contributed by atoms with van der Waals surface area (Å²) in [6.45, 7) is 3.15. The van der Waals surface area contributed by atoms with Gasteiger partial charge in [0.2, 0.25) is 0 Å². The van der Waals surface area contributed by atoms with Crippen LogP contribution in [-0.4, -0.2) is 46.8 Å². The van der Waals surface area contributed by atoms with E-state index in [-0.39, 0.29) is 6.10 Å². The molecule has 0 bridgehead atoms. The summed E-state index contributed by atoms with van der Waals surface area (Å²) in [5.41, 5.74) is 5.24. The fraction of sp³-hybridized carbons (Fsp3) is 0.409. The lowest BCUT2D eigenvalue weighted by Gasteiger charge is -2.27. The van der Waals surface area contributed by atoms with Gasteiger partial charge >= 0.3 is 11.9 Å². The van der Waals surface area contributed by atoms with Gasteiger partial charge in [0.05, 0.1) is 23.1 Å². The maximum Gasteiger partial charge on any atom is 0.328 e. The lowest BCUT2D eigenvalue weighted by atomic mass is 9.92. The van der Waals surface area contributed by atoms with Crippen molar-refractivity contribution in [2.24, 2.45) is 0 Å². The van der Waals surface area contributed by atoms with Crippen molar-refractivity contribution in [3.05, 3.63) is 41.6 Å². The van der Waals surface area contributed by atoms with Crippen LogP contribution in [0.4, 0.5) is 5.69 Å². The molecule has 0 fully saturated rings. The molecule has 1 aromatic heterocycles. The minimum Gasteiger partial charge on any atom is -0.488 e. The molecule has 0 radical (unpaired) electrons. The Morgan fingerprint density at radius 1 is 1.21 bits per heavy atom. The summed E-state index contributed by atoms with van der Waals surface area (Å²) in [7, 11) is 2.21. The van der Waals surface area contributed by atoms with E-state index in [1.165, 1.54) is 35.2 Å². The molecule has 7 nitrogen and oxygen atoms in total. The summed E-state index contributed by atoms with van der Waals surface area (Å²) in [5, 5.41) is 16.8. The van der Waals surface area contributed by atoms with Gasteiger partial charge in [-0.05, 0) is 49.8 Å². The molecule has 1 aliphatic carbocycles. The van der Waals surface area contributed by atoms with Crippen molar-refractivity contribution in [1.29, 1.82) is 0 Å². The van der Waals surface area contributed by atoms with Crippen LogP contribution in [0.3, 0.4) is 0 Å². The second kappa shape index (κ2) is 8.94. The number of likely N-dealkylation sites (N-methyl/N-ethyl adjacent to an activating group) is 1. The molecule has 2 N–H and O–H groups in total. The monoisotopic (exact) mass is 398 g/mol. The Morgan fingerprint density at radius 2 is 1.90 bits per heavy atom. The predicted molar refractivity (Wildman–Crippen MR) is 111 cm³/mol. The zero-order valence-electron chi connectivity index (χ0n) is 16.7. The van der Waals surface area contributed by atoms with Crippen molar-refractivity contribution in [3.63, 3.8) is 0 Å². The topological polar surface area (TPSA) is 100.0 Å². The zero-order valence-corrected chi connectivity index (χ0v) is 16.7. The fourth-order valence-corrected chi connectivity index (χ4v) is 3.90. The van der Waals surface area contributed by atoms with Crippen LogP contribution < -0.4 is 9.64 Å². The first-order valence-electron chi connectivity index (χ1n) is 9.86. The van der Waals surface area contributed by atoms with Crippen molar-refractivity contribution in [1.82, 2.24) is 4.98 Å². The standard InChI is InChI=1S/C18H22N2O.C4H4O4/c1-3-12-11-20(2)18-13-7-4-5-8-14(13)19-15-9-6-10-16(21-12)17(15)18;5-3(6)1-2-4(7)8/h6,9-10,12H,3-5,7-8,11H2,1-2H3;1-2H,(H,5,6)(H,7,8). The number of benzene rings is 1. The van der Waals surface area contributed by atoms with E-state index < -0.39 is 11.9 Å². The van der Waals surface area contributed by atoms with Crippen molar-refractivity contribution >= 4 is 28.5 Å². The third-order valence-corrected chi connectivity index (χ3v) is 5.20. The second-order valence-corrected chi connectivity index (χ2v) is 7.28. The number of carboxylic acid groups (broad SMARTS) is 2. The Bertz CT molecular complexity index is 938. The molecule has 4 rings (SSSR count). The molecule has 1 atom stereocenters. The molecular weight excluding hydrogens is 372 g/mol. The highest BCUT2D eigenvalue weighted by Gasteiger charge is 2.27. The number of aryl methyl sites for hydroxylation is 1. The second-order valence-electron chi connectivity index (χ2n) is 7.28. The maximum absolute atomic E-state index is 9.55. The van der Waals surface area contributed by atoms with Gasteiger partial charge in [-0.15, -0.1) is 0 Å². The van der Waals surface area contributed by atoms with E-state index in [4.69, 9.17) is 19.9 Å². The summed E-state index contributed by atoms with van der Waals surface area (Å²) in [6.07, 6.45) is 7.23. The Morgan fingerprint density at radius 3 is 2.55 bits per heavy atom. The van der Waals surface area contributed by atoms with Crippen molar-refractivity contribution < 1.29 is 24.5 Å². The van der Waals surface area contributed by atoms with Gasteiger partial charge in [0.1, 0.15) is 11.9 Å². The highest BCUT2D eigenvalue weighted by Crippen LogP contribution is 2.42. The van der Waals surface area contributed by atoms with Gasteiger partial charge in [-0.2, -0.15) is 0 Å². The number of pyridine rings is 1. The average Bonchev–Trinajstić information content (AvgIpc) is 2.84. The van der Waals surface area contributed by atoms with Crippen molar-refractivity contribution in [2.45, 2.75) is 45.1 Å². The molecule has 154 valence electrons. The van der Waals surface area contributed by atoms with Crippen molar-refractivity contribution in [3.8, 4) is 5.75 Å². The average molecular weight is 398 g/mol. The Balaban J connectivity index is 0.000000258. The quantitative estimate of drug-likeness (QED) is 0.764. The number of carbonyl (C=O) groups is 2. The minimum atomic E-state index is -1.26. The normalized spacial score (nSPS) is 17.7. The number of fused-ring (bicyclic) bond motifs is 2. The first-order chi connectivity index (χ1) is 13.9. The summed E-state index contributed by atoms with van der Waals surface area (Å²) in [4.78, 5) is 26.4. The Labute approximate surface area is 169 Å². The van der Waals surface area contributed by atoms with Gasteiger partial charge in [-0.25, -0.2) is 9.59 Å². The summed E-state index contributed by atoms with van der Waals surface area (Å²) < 4.78 is 6.26. The molecule has 0 spiro atoms. The first-order valence-corrected chi connectivity index (χ1v) is 9.86. The molecular formula is C22H26N2O5. The van der Waals surface area contributed by atoms with E-state index in [1.54, 1.807) is 0 Å². The van der Waals surface area contributed by atoms with Crippen LogP contribution in [0.1, 0.15) is 37.4 Å². The van der Waals surface area contributed by atoms with Crippen LogP contribution in [0.5, 0.6) is 5.75 Å². The number of aromatic nitrogens is 1. The lowest BCUT2D eigenvalue weighted by Crippen LogP contribution is -2.31. The van der Waals surface area contributed by atoms with E-state index in [1.807, 2.05) is 0 Å². The zero-order chi connectivity index (χ0) is 21.0. The van der Waals surface area contributed by atoms with E-state index in [9.17, 15) is 9.59 Å². The molecule has 2 aromatic rings. The number of aliphatic carboxylic acids is 2. The SMILES string of the molecule is CCC1CN(C)c2c3c(nc4cccc(c24)O1)CCCC3.O=C(O)C=CC(=O)O. The molecule has 2 heterocycles. The van der Waals surface area contributed by atoms with E-state index in [2.05, 4.69) is 37.1 Å². The molecule has 0 saturated heterocycles. The third kappa shape index (κ3) is 4.67. The molecule has 1 unspecified atom stereocenters. The minimum absolute atomic E-state index is 0.257. The van der Waals surface area contributed by atoms with Gasteiger partial charge in [-0.3, -0.25) is 4.98 Å². The number of hydrogen-bond donors (Lipinski definition) is 2. The molecule has 1 aromatic carbocycles. The number of nitrogens with zero attached hydrogens (tertiary/aromatic N) is 2. The van der Waals surface area contributed by atoms with Gasteiger partial charge in [0.15, 0.2) is 0 Å². The summed E-state index contributed by atoms with van der Waals surface area (Å²) >= 11 is 0. The molecule has 7 heteroatoms. The molecule has 29 heavy (non-hydrogen) atoms. The highest BCUT2D eigenvalue weighted by atomic mass is 16.5. The van der Waals surface area contributed by atoms with E-state index in [0.29, 0.717) is 12.2 Å². The van der Waals surface area contributed by atoms with Crippen LogP contribution in [0, 0.1) is 0 Å². The summed E-state index contributed by atoms with van der Waals surface area (Å²) in [5.74, 6) is -1.50. The van der Waals surface area contributed by atoms with E-state index >= 15 is 0 Å². The molecule has 0 saturated carbocycles. The number of anilines is 1. The first kappa shape index (κ1) is 20.6. The summed E-state index contributed by atoms with van der Waals surface area (Å²) in [6, 6.07) is 6.30. The van der Waals surface area contributed by atoms with E-state index in [0.717, 1.165) is 37.1 Å².